The van der Waals surface area contributed by atoms with E-state index in [1.807, 2.05) is 25.1 Å². The second kappa shape index (κ2) is 5.40. The molecule has 1 N–H and O–H groups in total. The average molecular weight is 266 g/mol. The number of aromatic nitrogens is 2. The van der Waals surface area contributed by atoms with Gasteiger partial charge in [-0.1, -0.05) is 6.07 Å². The third kappa shape index (κ3) is 2.82. The van der Waals surface area contributed by atoms with Gasteiger partial charge in [-0.05, 0) is 24.6 Å². The Morgan fingerprint density at radius 1 is 1.50 bits per heavy atom. The van der Waals surface area contributed by atoms with Crippen molar-refractivity contribution < 1.29 is 4.79 Å². The van der Waals surface area contributed by atoms with Gasteiger partial charge >= 0.3 is 0 Å². The smallest absolute Gasteiger partial charge is 0.223 e. The van der Waals surface area contributed by atoms with E-state index in [0.717, 1.165) is 22.4 Å². The molecule has 2 rings (SSSR count). The van der Waals surface area contributed by atoms with Crippen molar-refractivity contribution in [2.45, 2.75) is 19.9 Å². The Bertz CT molecular complexity index is 564. The van der Waals surface area contributed by atoms with Gasteiger partial charge < -0.3 is 9.88 Å². The first-order chi connectivity index (χ1) is 8.60. The van der Waals surface area contributed by atoms with Crippen molar-refractivity contribution in [1.29, 1.82) is 0 Å². The highest BCUT2D eigenvalue weighted by Crippen LogP contribution is 2.15. The Morgan fingerprint density at radius 3 is 3.00 bits per heavy atom. The number of carbonyl (C=O) groups excluding carboxylic acids is 1. The fraction of sp³-hybridized carbons (Fsp3) is 0.385. The number of aryl methyl sites for hydroxylation is 1. The van der Waals surface area contributed by atoms with Crippen LogP contribution in [0.25, 0.3) is 11.0 Å². The predicted molar refractivity (Wildman–Crippen MR) is 72.6 cm³/mol. The largest absolute Gasteiger partial charge is 0.342 e. The molecular weight excluding hydrogens is 250 g/mol. The highest BCUT2D eigenvalue weighted by Gasteiger charge is 2.09. The normalized spacial score (nSPS) is 10.8. The Balaban J connectivity index is 2.13. The molecule has 1 heterocycles. The van der Waals surface area contributed by atoms with E-state index in [1.54, 1.807) is 11.9 Å². The predicted octanol–water partition coefficient (Wildman–Crippen LogP) is 2.46. The number of rotatable bonds is 4. The Morgan fingerprint density at radius 2 is 2.28 bits per heavy atom. The number of benzene rings is 1. The van der Waals surface area contributed by atoms with E-state index in [-0.39, 0.29) is 5.91 Å². The van der Waals surface area contributed by atoms with Crippen molar-refractivity contribution in [2.75, 3.05) is 12.9 Å². The third-order valence-corrected chi connectivity index (χ3v) is 3.01. The monoisotopic (exact) mass is 265 g/mol. The number of hydrogen-bond acceptors (Lipinski definition) is 2. The Labute approximate surface area is 111 Å². The lowest BCUT2D eigenvalue weighted by molar-refractivity contribution is -0.129. The van der Waals surface area contributed by atoms with Crippen LogP contribution in [-0.2, 0) is 11.3 Å². The van der Waals surface area contributed by atoms with Crippen LogP contribution in [0.15, 0.2) is 18.2 Å². The summed E-state index contributed by atoms with van der Waals surface area (Å²) in [5.74, 6) is 1.32. The number of fused-ring (bicyclic) bond motifs is 1. The molecule has 0 unspecified atom stereocenters. The first-order valence-electron chi connectivity index (χ1n) is 5.85. The highest BCUT2D eigenvalue weighted by atomic mass is 35.5. The molecule has 1 aromatic carbocycles. The number of hydrogen-bond donors (Lipinski definition) is 1. The lowest BCUT2D eigenvalue weighted by Crippen LogP contribution is -2.26. The first-order valence-corrected chi connectivity index (χ1v) is 6.39. The summed E-state index contributed by atoms with van der Waals surface area (Å²) in [6, 6.07) is 5.99. The molecule has 0 aliphatic carbocycles. The second-order valence-corrected chi connectivity index (χ2v) is 4.74. The van der Waals surface area contributed by atoms with Crippen molar-refractivity contribution >= 4 is 28.5 Å². The van der Waals surface area contributed by atoms with Crippen molar-refractivity contribution in [3.8, 4) is 0 Å². The van der Waals surface area contributed by atoms with Crippen LogP contribution in [0.3, 0.4) is 0 Å². The van der Waals surface area contributed by atoms with Crippen molar-refractivity contribution in [1.82, 2.24) is 14.9 Å². The van der Waals surface area contributed by atoms with Gasteiger partial charge in [0.15, 0.2) is 0 Å². The molecule has 1 amide bonds. The summed E-state index contributed by atoms with van der Waals surface area (Å²) in [6.07, 6.45) is 0.378. The Hall–Kier alpha value is -1.55. The minimum Gasteiger partial charge on any atom is -0.342 e. The number of H-pyrrole nitrogens is 1. The minimum atomic E-state index is 0.0610. The summed E-state index contributed by atoms with van der Waals surface area (Å²) >= 11 is 5.56. The summed E-state index contributed by atoms with van der Waals surface area (Å²) < 4.78 is 0. The van der Waals surface area contributed by atoms with Gasteiger partial charge in [0.25, 0.3) is 0 Å². The molecule has 4 nitrogen and oxygen atoms in total. The molecule has 0 saturated carbocycles. The van der Waals surface area contributed by atoms with Gasteiger partial charge in [0, 0.05) is 25.9 Å². The van der Waals surface area contributed by atoms with Crippen LogP contribution in [0.2, 0.25) is 0 Å². The van der Waals surface area contributed by atoms with E-state index in [2.05, 4.69) is 9.97 Å². The maximum absolute atomic E-state index is 11.6. The van der Waals surface area contributed by atoms with Gasteiger partial charge in [0.05, 0.1) is 11.0 Å². The van der Waals surface area contributed by atoms with E-state index in [0.29, 0.717) is 18.8 Å². The van der Waals surface area contributed by atoms with Gasteiger partial charge in [-0.25, -0.2) is 4.98 Å². The number of nitrogens with zero attached hydrogens (tertiary/aromatic N) is 2. The van der Waals surface area contributed by atoms with Crippen LogP contribution in [0.1, 0.15) is 17.8 Å². The zero-order valence-electron chi connectivity index (χ0n) is 10.5. The molecule has 18 heavy (non-hydrogen) atoms. The average Bonchev–Trinajstić information content (AvgIpc) is 2.68. The van der Waals surface area contributed by atoms with E-state index in [9.17, 15) is 4.79 Å². The van der Waals surface area contributed by atoms with Crippen LogP contribution < -0.4 is 0 Å². The number of carbonyl (C=O) groups is 1. The lowest BCUT2D eigenvalue weighted by atomic mass is 10.2. The molecule has 0 spiro atoms. The van der Waals surface area contributed by atoms with Gasteiger partial charge in [0.1, 0.15) is 5.82 Å². The highest BCUT2D eigenvalue weighted by molar-refractivity contribution is 6.18. The van der Waals surface area contributed by atoms with Gasteiger partial charge in [0.2, 0.25) is 5.91 Å². The summed E-state index contributed by atoms with van der Waals surface area (Å²) in [4.78, 5) is 20.9. The first kappa shape index (κ1) is 12.9. The van der Waals surface area contributed by atoms with E-state index < -0.39 is 0 Å². The second-order valence-electron chi connectivity index (χ2n) is 4.36. The molecule has 0 aliphatic heterocycles. The third-order valence-electron chi connectivity index (χ3n) is 2.82. The molecule has 0 atom stereocenters. The minimum absolute atomic E-state index is 0.0610. The van der Waals surface area contributed by atoms with Crippen LogP contribution in [0.4, 0.5) is 0 Å². The molecule has 0 aliphatic rings. The summed E-state index contributed by atoms with van der Waals surface area (Å²) in [5.41, 5.74) is 3.03. The maximum atomic E-state index is 11.6. The summed E-state index contributed by atoms with van der Waals surface area (Å²) in [5, 5.41) is 0. The standard InChI is InChI=1S/C13H16ClN3O/c1-9-15-11-4-3-10(7-12(11)16-9)8-17(2)13(18)5-6-14/h3-4,7H,5-6,8H2,1-2H3,(H,15,16). The summed E-state index contributed by atoms with van der Waals surface area (Å²) in [6.45, 7) is 2.51. The van der Waals surface area contributed by atoms with Gasteiger partial charge in [-0.2, -0.15) is 0 Å². The quantitative estimate of drug-likeness (QED) is 0.864. The topological polar surface area (TPSA) is 49.0 Å². The fourth-order valence-corrected chi connectivity index (χ4v) is 2.08. The lowest BCUT2D eigenvalue weighted by Gasteiger charge is -2.16. The van der Waals surface area contributed by atoms with Crippen LogP contribution >= 0.6 is 11.6 Å². The zero-order valence-corrected chi connectivity index (χ0v) is 11.3. The number of amides is 1. The molecule has 2 aromatic rings. The molecular formula is C13H16ClN3O. The van der Waals surface area contributed by atoms with E-state index >= 15 is 0 Å². The molecule has 0 saturated heterocycles. The van der Waals surface area contributed by atoms with Crippen molar-refractivity contribution in [3.63, 3.8) is 0 Å². The van der Waals surface area contributed by atoms with Crippen LogP contribution in [-0.4, -0.2) is 33.7 Å². The number of imidazole rings is 1. The molecule has 96 valence electrons. The van der Waals surface area contributed by atoms with E-state index in [4.69, 9.17) is 11.6 Å². The van der Waals surface area contributed by atoms with Crippen molar-refractivity contribution in [3.05, 3.63) is 29.6 Å². The fourth-order valence-electron chi connectivity index (χ4n) is 1.92. The van der Waals surface area contributed by atoms with E-state index in [1.165, 1.54) is 0 Å². The molecule has 0 bridgehead atoms. The molecule has 0 radical (unpaired) electrons. The van der Waals surface area contributed by atoms with Gasteiger partial charge in [-0.3, -0.25) is 4.79 Å². The molecule has 5 heteroatoms. The molecule has 0 fully saturated rings. The number of halogens is 1. The Kier molecular flexibility index (Phi) is 3.87. The number of aromatic amines is 1. The zero-order chi connectivity index (χ0) is 13.1. The van der Waals surface area contributed by atoms with Crippen LogP contribution in [0, 0.1) is 6.92 Å². The maximum Gasteiger partial charge on any atom is 0.223 e. The SMILES string of the molecule is Cc1nc2ccc(CN(C)C(=O)CCCl)cc2[nH]1. The van der Waals surface area contributed by atoms with Gasteiger partial charge in [-0.15, -0.1) is 11.6 Å². The van der Waals surface area contributed by atoms with Crippen LogP contribution in [0.5, 0.6) is 0 Å². The summed E-state index contributed by atoms with van der Waals surface area (Å²) in [7, 11) is 1.79. The molecule has 1 aromatic heterocycles. The number of nitrogens with one attached hydrogen (secondary N) is 1. The van der Waals surface area contributed by atoms with Crippen molar-refractivity contribution in [2.24, 2.45) is 0 Å². The number of alkyl halides is 1.